The summed E-state index contributed by atoms with van der Waals surface area (Å²) in [5.41, 5.74) is 4.25. The number of nitrogens with zero attached hydrogens (tertiary/aromatic N) is 1. The van der Waals surface area contributed by atoms with Gasteiger partial charge in [0.2, 0.25) is 6.41 Å². The Balaban J connectivity index is -0.0000000992. The zero-order valence-electron chi connectivity index (χ0n) is 11.8. The molecular formula is C12H20Cl2NOSiTi. The zero-order valence-corrected chi connectivity index (χ0v) is 15.8. The van der Waals surface area contributed by atoms with E-state index in [9.17, 15) is 4.79 Å². The van der Waals surface area contributed by atoms with E-state index < -0.39 is 8.59 Å². The third kappa shape index (κ3) is 10.4. The molecule has 1 amide bonds. The van der Waals surface area contributed by atoms with Crippen molar-refractivity contribution >= 4 is 15.0 Å². The van der Waals surface area contributed by atoms with Gasteiger partial charge in [0, 0.05) is 0 Å². The van der Waals surface area contributed by atoms with E-state index in [0.717, 1.165) is 0 Å². The topological polar surface area (TPSA) is 29.4 Å². The van der Waals surface area contributed by atoms with Crippen molar-refractivity contribution in [3.63, 3.8) is 0 Å². The van der Waals surface area contributed by atoms with E-state index in [1.807, 2.05) is 13.1 Å². The van der Waals surface area contributed by atoms with Crippen molar-refractivity contribution in [2.45, 2.75) is 40.8 Å². The van der Waals surface area contributed by atoms with Crippen LogP contribution in [0.1, 0.15) is 27.7 Å². The fraction of sp³-hybridized carbons (Fsp3) is 0.583. The number of allylic oxidation sites excluding steroid dienone is 4. The first-order chi connectivity index (χ1) is 6.90. The second kappa shape index (κ2) is 13.9. The molecule has 0 bridgehead atoms. The minimum absolute atomic E-state index is 0. The fourth-order valence-electron chi connectivity index (χ4n) is 1.27. The van der Waals surface area contributed by atoms with E-state index in [2.05, 4.69) is 38.4 Å². The zero-order chi connectivity index (χ0) is 12.0. The van der Waals surface area contributed by atoms with E-state index in [-0.39, 0.29) is 46.5 Å². The molecule has 1 rings (SSSR count). The van der Waals surface area contributed by atoms with Gasteiger partial charge in [-0.05, 0) is 13.1 Å². The van der Waals surface area contributed by atoms with Crippen LogP contribution < -0.4 is 24.8 Å². The summed E-state index contributed by atoms with van der Waals surface area (Å²) in [4.78, 5) is 9.47. The molecule has 0 aromatic rings. The predicted molar refractivity (Wildman–Crippen MR) is 65.9 cm³/mol. The monoisotopic (exact) mass is 340 g/mol. The smallest absolute Gasteiger partial charge is 1.00 e. The number of carbonyl (C=O) groups excluding carboxylic acids is 1. The van der Waals surface area contributed by atoms with Gasteiger partial charge >= 0.3 is 21.7 Å². The molecule has 1 atom stereocenters. The van der Waals surface area contributed by atoms with Crippen LogP contribution in [0.2, 0.25) is 13.1 Å². The molecule has 0 N–H and O–H groups in total. The van der Waals surface area contributed by atoms with Crippen LogP contribution in [-0.2, 0) is 26.5 Å². The molecule has 0 saturated heterocycles. The summed E-state index contributed by atoms with van der Waals surface area (Å²) in [5, 5.41) is 0. The molecule has 1 unspecified atom stereocenters. The molecule has 0 aliphatic heterocycles. The second-order valence-corrected chi connectivity index (χ2v) is 6.13. The van der Waals surface area contributed by atoms with Crippen LogP contribution in [0, 0.1) is 12.0 Å². The van der Waals surface area contributed by atoms with E-state index in [0.29, 0.717) is 12.3 Å². The number of carbonyl (C=O) groups is 1. The van der Waals surface area contributed by atoms with Gasteiger partial charge in [-0.2, -0.15) is 11.1 Å². The minimum Gasteiger partial charge on any atom is -1.00 e. The molecule has 0 aromatic heterocycles. The normalized spacial score (nSPS) is 15.9. The maximum Gasteiger partial charge on any atom is 3.00 e. The van der Waals surface area contributed by atoms with Crippen LogP contribution in [0.15, 0.2) is 21.4 Å². The molecule has 1 radical (unpaired) electrons. The first-order valence-corrected chi connectivity index (χ1v) is 7.57. The van der Waals surface area contributed by atoms with Gasteiger partial charge < -0.3 is 24.8 Å². The summed E-state index contributed by atoms with van der Waals surface area (Å²) in [6, 6.07) is 0. The van der Waals surface area contributed by atoms with Crippen molar-refractivity contribution < 1.29 is 51.3 Å². The average Bonchev–Trinajstić information content (AvgIpc) is 2.34. The minimum atomic E-state index is -0.629. The molecule has 1 aliphatic carbocycles. The van der Waals surface area contributed by atoms with Crippen LogP contribution in [0.25, 0.3) is 0 Å². The van der Waals surface area contributed by atoms with E-state index in [4.69, 9.17) is 0 Å². The van der Waals surface area contributed by atoms with Crippen molar-refractivity contribution in [2.75, 3.05) is 0 Å². The summed E-state index contributed by atoms with van der Waals surface area (Å²) in [5.74, 6) is 0.560. The molecule has 1 aliphatic rings. The van der Waals surface area contributed by atoms with Gasteiger partial charge in [-0.3, -0.25) is 15.5 Å². The fourth-order valence-corrected chi connectivity index (χ4v) is 1.48. The molecule has 0 fully saturated rings. The number of halogens is 2. The first kappa shape index (κ1) is 26.9. The Hall–Kier alpha value is 0.461. The van der Waals surface area contributed by atoms with Crippen LogP contribution >= 0.6 is 0 Å². The quantitative estimate of drug-likeness (QED) is 0.292. The standard InChI is InChI=1S/C9H13.C3H7NOSi.2ClH.Ti/c1-6-5-7(2)9(4)8(6)3;1-6(2)4-3-5;;;/h6H,1-4H3;3H,1-2H3;2*1H;/q-1;;;;+3/p-2. The van der Waals surface area contributed by atoms with Gasteiger partial charge in [-0.25, -0.2) is 5.57 Å². The van der Waals surface area contributed by atoms with E-state index >= 15 is 0 Å². The van der Waals surface area contributed by atoms with Crippen molar-refractivity contribution in [1.82, 2.24) is 0 Å². The third-order valence-electron chi connectivity index (χ3n) is 2.55. The number of amides is 1. The maximum absolute atomic E-state index is 9.47. The second-order valence-electron chi connectivity index (χ2n) is 3.98. The molecule has 0 aromatic carbocycles. The Morgan fingerprint density at radius 3 is 1.72 bits per heavy atom. The van der Waals surface area contributed by atoms with Gasteiger partial charge in [0.05, 0.1) is 0 Å². The Bertz CT molecular complexity index is 337. The maximum atomic E-state index is 9.47. The largest absolute Gasteiger partial charge is 3.00 e. The van der Waals surface area contributed by atoms with Gasteiger partial charge in [-0.1, -0.05) is 26.7 Å². The predicted octanol–water partition coefficient (Wildman–Crippen LogP) is -2.61. The Kier molecular flexibility index (Phi) is 20.8. The molecule has 18 heavy (non-hydrogen) atoms. The van der Waals surface area contributed by atoms with Crippen LogP contribution in [0.5, 0.6) is 0 Å². The summed E-state index contributed by atoms with van der Waals surface area (Å²) < 4.78 is 3.55. The molecular weight excluding hydrogens is 321 g/mol. The van der Waals surface area contributed by atoms with Crippen LogP contribution in [0.3, 0.4) is 0 Å². The molecule has 0 heterocycles. The number of hydrogen-bond donors (Lipinski definition) is 0. The Morgan fingerprint density at radius 2 is 1.67 bits per heavy atom. The van der Waals surface area contributed by atoms with Crippen molar-refractivity contribution in [3.8, 4) is 0 Å². The van der Waals surface area contributed by atoms with E-state index in [1.54, 1.807) is 0 Å². The van der Waals surface area contributed by atoms with Crippen LogP contribution in [-0.4, -0.2) is 15.0 Å². The van der Waals surface area contributed by atoms with Gasteiger partial charge in [0.1, 0.15) is 8.59 Å². The Labute approximate surface area is 140 Å². The van der Waals surface area contributed by atoms with E-state index in [1.165, 1.54) is 16.7 Å². The molecule has 0 spiro atoms. The van der Waals surface area contributed by atoms with Gasteiger partial charge in [-0.15, -0.1) is 6.92 Å². The summed E-state index contributed by atoms with van der Waals surface area (Å²) >= 11 is 0. The van der Waals surface area contributed by atoms with Crippen molar-refractivity contribution in [1.29, 1.82) is 0 Å². The number of hydrogen-bond acceptors (Lipinski definition) is 1. The SMILES string of the molecule is CC1=[C-]C(C)C(C)=C1C.C[Si](C)=NC=O.[Cl-].[Cl-].[Ti+3]. The van der Waals surface area contributed by atoms with Crippen molar-refractivity contribution in [2.24, 2.45) is 10.6 Å². The number of rotatable bonds is 1. The molecule has 101 valence electrons. The Morgan fingerprint density at radius 1 is 1.22 bits per heavy atom. The average molecular weight is 341 g/mol. The van der Waals surface area contributed by atoms with Crippen LogP contribution in [0.4, 0.5) is 0 Å². The van der Waals surface area contributed by atoms with Crippen molar-refractivity contribution in [3.05, 3.63) is 22.8 Å². The van der Waals surface area contributed by atoms with Gasteiger partial charge in [0.25, 0.3) is 0 Å². The summed E-state index contributed by atoms with van der Waals surface area (Å²) in [6.07, 6.45) is 3.98. The summed E-state index contributed by atoms with van der Waals surface area (Å²) in [6.45, 7) is 12.6. The van der Waals surface area contributed by atoms with Gasteiger partial charge in [0.15, 0.2) is 0 Å². The third-order valence-corrected chi connectivity index (χ3v) is 3.17. The molecule has 0 saturated carbocycles. The molecule has 6 heteroatoms. The molecule has 2 nitrogen and oxygen atoms in total. The summed E-state index contributed by atoms with van der Waals surface area (Å²) in [7, 11) is -0.629. The first-order valence-electron chi connectivity index (χ1n) is 5.12.